The first-order chi connectivity index (χ1) is 13.1. The van der Waals surface area contributed by atoms with E-state index in [-0.39, 0.29) is 0 Å². The van der Waals surface area contributed by atoms with Crippen LogP contribution < -0.4 is 0 Å². The molecule has 0 unspecified atom stereocenters. The molecule has 0 spiro atoms. The highest BCUT2D eigenvalue weighted by Gasteiger charge is 2.26. The summed E-state index contributed by atoms with van der Waals surface area (Å²) < 4.78 is 32.4. The maximum atomic E-state index is 12.8. The summed E-state index contributed by atoms with van der Waals surface area (Å²) >= 11 is 1.71. The van der Waals surface area contributed by atoms with E-state index in [0.717, 1.165) is 11.3 Å². The van der Waals surface area contributed by atoms with Crippen molar-refractivity contribution in [3.8, 4) is 0 Å². The molecule has 0 atom stereocenters. The third-order valence-corrected chi connectivity index (χ3v) is 7.59. The van der Waals surface area contributed by atoms with Crippen molar-refractivity contribution in [2.45, 2.75) is 15.5 Å². The molecule has 1 fully saturated rings. The van der Waals surface area contributed by atoms with E-state index in [0.29, 0.717) is 31.2 Å². The van der Waals surface area contributed by atoms with Crippen LogP contribution in [0.2, 0.25) is 0 Å². The van der Waals surface area contributed by atoms with E-state index in [1.807, 2.05) is 24.3 Å². The maximum Gasteiger partial charge on any atom is 0.243 e. The number of hydrogen-bond acceptors (Lipinski definition) is 4. The van der Waals surface area contributed by atoms with Gasteiger partial charge in [0.1, 0.15) is 0 Å². The zero-order valence-electron chi connectivity index (χ0n) is 14.9. The van der Waals surface area contributed by atoms with Crippen molar-refractivity contribution in [2.24, 2.45) is 0 Å². The second-order valence-corrected chi connectivity index (χ2v) is 9.45. The van der Waals surface area contributed by atoms with Gasteiger partial charge in [-0.2, -0.15) is 4.31 Å². The van der Waals surface area contributed by atoms with E-state index in [2.05, 4.69) is 30.3 Å². The van der Waals surface area contributed by atoms with E-state index in [4.69, 9.17) is 4.74 Å². The van der Waals surface area contributed by atoms with E-state index in [1.54, 1.807) is 23.9 Å². The topological polar surface area (TPSA) is 46.6 Å². The fraction of sp³-hybridized carbons (Fsp3) is 0.238. The summed E-state index contributed by atoms with van der Waals surface area (Å²) in [6.45, 7) is 1.74. The summed E-state index contributed by atoms with van der Waals surface area (Å²) in [5.41, 5.74) is 1.00. The van der Waals surface area contributed by atoms with Crippen LogP contribution in [-0.4, -0.2) is 39.0 Å². The fourth-order valence-electron chi connectivity index (χ4n) is 3.16. The zero-order chi connectivity index (χ0) is 18.7. The minimum absolute atomic E-state index is 0.362. The molecule has 4 rings (SSSR count). The van der Waals surface area contributed by atoms with Crippen molar-refractivity contribution < 1.29 is 13.2 Å². The van der Waals surface area contributed by atoms with E-state index < -0.39 is 10.0 Å². The van der Waals surface area contributed by atoms with Gasteiger partial charge in [0.05, 0.1) is 18.1 Å². The Balaban J connectivity index is 1.50. The number of thioether (sulfide) groups is 1. The van der Waals surface area contributed by atoms with Gasteiger partial charge in [-0.15, -0.1) is 11.8 Å². The van der Waals surface area contributed by atoms with Crippen LogP contribution in [0.1, 0.15) is 5.56 Å². The molecule has 0 aromatic heterocycles. The highest BCUT2D eigenvalue weighted by molar-refractivity contribution is 7.98. The third-order valence-electron chi connectivity index (χ3n) is 4.63. The number of rotatable bonds is 5. The lowest BCUT2D eigenvalue weighted by molar-refractivity contribution is 0.0730. The number of ether oxygens (including phenoxy) is 1. The molecule has 1 aliphatic heterocycles. The SMILES string of the molecule is O=S(=O)(c1cccc(CSc2ccc3ccccc3c2)c1)N1CCOCC1. The zero-order valence-corrected chi connectivity index (χ0v) is 16.5. The second kappa shape index (κ2) is 8.02. The number of benzene rings is 3. The molecule has 1 saturated heterocycles. The molecule has 1 aliphatic rings. The van der Waals surface area contributed by atoms with Crippen molar-refractivity contribution in [1.29, 1.82) is 0 Å². The first kappa shape index (κ1) is 18.5. The van der Waals surface area contributed by atoms with Gasteiger partial charge in [0.25, 0.3) is 0 Å². The van der Waals surface area contributed by atoms with Gasteiger partial charge < -0.3 is 4.74 Å². The normalized spacial score (nSPS) is 15.9. The standard InChI is InChI=1S/C21H21NO3S2/c23-27(24,22-10-12-25-13-11-22)21-7-3-4-17(14-21)16-26-20-9-8-18-5-1-2-6-19(18)15-20/h1-9,14-15H,10-13,16H2. The number of hydrogen-bond donors (Lipinski definition) is 0. The summed E-state index contributed by atoms with van der Waals surface area (Å²) in [6, 6.07) is 22.0. The molecule has 0 saturated carbocycles. The van der Waals surface area contributed by atoms with Gasteiger partial charge in [0.15, 0.2) is 0 Å². The van der Waals surface area contributed by atoms with Crippen LogP contribution in [0.5, 0.6) is 0 Å². The Morgan fingerprint density at radius 1 is 0.889 bits per heavy atom. The van der Waals surface area contributed by atoms with Gasteiger partial charge in [0.2, 0.25) is 10.0 Å². The van der Waals surface area contributed by atoms with Crippen LogP contribution in [0.3, 0.4) is 0 Å². The number of sulfonamides is 1. The molecule has 6 heteroatoms. The van der Waals surface area contributed by atoms with Gasteiger partial charge in [0, 0.05) is 23.7 Å². The molecule has 0 N–H and O–H groups in total. The summed E-state index contributed by atoms with van der Waals surface area (Å²) in [5, 5.41) is 2.44. The fourth-order valence-corrected chi connectivity index (χ4v) is 5.52. The van der Waals surface area contributed by atoms with Crippen LogP contribution in [0, 0.1) is 0 Å². The Morgan fingerprint density at radius 3 is 2.48 bits per heavy atom. The molecule has 4 nitrogen and oxygen atoms in total. The summed E-state index contributed by atoms with van der Waals surface area (Å²) in [6.07, 6.45) is 0. The first-order valence-electron chi connectivity index (χ1n) is 8.91. The molecular formula is C21H21NO3S2. The monoisotopic (exact) mass is 399 g/mol. The van der Waals surface area contributed by atoms with Crippen LogP contribution in [0.4, 0.5) is 0 Å². The predicted octanol–water partition coefficient (Wildman–Crippen LogP) is 4.15. The van der Waals surface area contributed by atoms with Gasteiger partial charge in [-0.05, 0) is 40.6 Å². The Labute approximate surface area is 164 Å². The van der Waals surface area contributed by atoms with Gasteiger partial charge in [-0.3, -0.25) is 0 Å². The lowest BCUT2D eigenvalue weighted by atomic mass is 10.1. The average Bonchev–Trinajstić information content (AvgIpc) is 2.73. The van der Waals surface area contributed by atoms with Crippen molar-refractivity contribution in [3.05, 3.63) is 72.3 Å². The van der Waals surface area contributed by atoms with Crippen molar-refractivity contribution in [2.75, 3.05) is 26.3 Å². The Morgan fingerprint density at radius 2 is 1.67 bits per heavy atom. The van der Waals surface area contributed by atoms with Crippen LogP contribution >= 0.6 is 11.8 Å². The molecule has 27 heavy (non-hydrogen) atoms. The minimum Gasteiger partial charge on any atom is -0.379 e. The highest BCUT2D eigenvalue weighted by Crippen LogP contribution is 2.27. The molecule has 1 heterocycles. The van der Waals surface area contributed by atoms with Gasteiger partial charge >= 0.3 is 0 Å². The summed E-state index contributed by atoms with van der Waals surface area (Å²) in [4.78, 5) is 1.54. The number of morpholine rings is 1. The quantitative estimate of drug-likeness (QED) is 0.605. The molecule has 140 valence electrons. The molecule has 0 amide bonds. The predicted molar refractivity (Wildman–Crippen MR) is 110 cm³/mol. The van der Waals surface area contributed by atoms with Gasteiger partial charge in [-0.25, -0.2) is 8.42 Å². The summed E-state index contributed by atoms with van der Waals surface area (Å²) in [5.74, 6) is 0.727. The molecule has 0 bridgehead atoms. The van der Waals surface area contributed by atoms with E-state index in [1.165, 1.54) is 20.0 Å². The number of nitrogens with zero attached hydrogens (tertiary/aromatic N) is 1. The molecule has 3 aromatic carbocycles. The number of fused-ring (bicyclic) bond motifs is 1. The van der Waals surface area contributed by atoms with Crippen LogP contribution in [0.25, 0.3) is 10.8 Å². The highest BCUT2D eigenvalue weighted by atomic mass is 32.2. The lowest BCUT2D eigenvalue weighted by Gasteiger charge is -2.26. The van der Waals surface area contributed by atoms with E-state index >= 15 is 0 Å². The molecule has 0 aliphatic carbocycles. The lowest BCUT2D eigenvalue weighted by Crippen LogP contribution is -2.40. The van der Waals surface area contributed by atoms with E-state index in [9.17, 15) is 8.42 Å². The largest absolute Gasteiger partial charge is 0.379 e. The second-order valence-electron chi connectivity index (χ2n) is 6.46. The maximum absolute atomic E-state index is 12.8. The molecule has 3 aromatic rings. The minimum atomic E-state index is -3.45. The molecular weight excluding hydrogens is 378 g/mol. The molecule has 0 radical (unpaired) electrons. The van der Waals surface area contributed by atoms with Crippen molar-refractivity contribution >= 4 is 32.6 Å². The Bertz CT molecular complexity index is 1040. The Hall–Kier alpha value is -1.86. The van der Waals surface area contributed by atoms with Crippen LogP contribution in [-0.2, 0) is 20.5 Å². The summed E-state index contributed by atoms with van der Waals surface area (Å²) in [7, 11) is -3.45. The first-order valence-corrected chi connectivity index (χ1v) is 11.3. The van der Waals surface area contributed by atoms with Crippen molar-refractivity contribution in [1.82, 2.24) is 4.31 Å². The van der Waals surface area contributed by atoms with Crippen molar-refractivity contribution in [3.63, 3.8) is 0 Å². The Kier molecular flexibility index (Phi) is 5.50. The third kappa shape index (κ3) is 4.19. The van der Waals surface area contributed by atoms with Crippen LogP contribution in [0.15, 0.2) is 76.5 Å². The van der Waals surface area contributed by atoms with Gasteiger partial charge in [-0.1, -0.05) is 42.5 Å². The smallest absolute Gasteiger partial charge is 0.243 e. The average molecular weight is 400 g/mol.